The van der Waals surface area contributed by atoms with Crippen molar-refractivity contribution in [2.45, 2.75) is 12.8 Å². The van der Waals surface area contributed by atoms with Gasteiger partial charge in [0.15, 0.2) is 5.78 Å². The minimum Gasteiger partial charge on any atom is -0.293 e. The van der Waals surface area contributed by atoms with E-state index in [9.17, 15) is 14.4 Å². The topological polar surface area (TPSA) is 89.2 Å². The third kappa shape index (κ3) is 2.49. The van der Waals surface area contributed by atoms with Crippen LogP contribution in [0.5, 0.6) is 0 Å². The van der Waals surface area contributed by atoms with Crippen LogP contribution in [-0.4, -0.2) is 24.7 Å². The summed E-state index contributed by atoms with van der Waals surface area (Å²) in [4.78, 5) is 42.5. The van der Waals surface area contributed by atoms with Gasteiger partial charge in [-0.15, -0.1) is 0 Å². The van der Waals surface area contributed by atoms with Gasteiger partial charge in [0, 0.05) is 17.6 Å². The van der Waals surface area contributed by atoms with Gasteiger partial charge < -0.3 is 0 Å². The lowest BCUT2D eigenvalue weighted by atomic mass is 9.97. The molecule has 23 heavy (non-hydrogen) atoms. The fourth-order valence-electron chi connectivity index (χ4n) is 2.43. The molecule has 0 bridgehead atoms. The van der Waals surface area contributed by atoms with Gasteiger partial charge in [0.1, 0.15) is 0 Å². The molecule has 0 radical (unpaired) electrons. The number of nitrogens with one attached hydrogen (secondary N) is 1. The normalized spacial score (nSPS) is 12.5. The Morgan fingerprint density at radius 2 is 1.87 bits per heavy atom. The number of aromatic nitrogens is 4. The number of rotatable bonds is 3. The zero-order valence-electron chi connectivity index (χ0n) is 12.4. The van der Waals surface area contributed by atoms with Crippen molar-refractivity contribution in [3.8, 4) is 0 Å². The maximum Gasteiger partial charge on any atom is 0.336 e. The minimum absolute atomic E-state index is 0.170. The molecule has 118 valence electrons. The number of nitrogens with zero attached hydrogens (tertiary/aromatic N) is 3. The first-order valence-corrected chi connectivity index (χ1v) is 7.24. The molecule has 0 aliphatic heterocycles. The maximum atomic E-state index is 12.6. The molecule has 0 spiro atoms. The smallest absolute Gasteiger partial charge is 0.293 e. The summed E-state index contributed by atoms with van der Waals surface area (Å²) in [5.41, 5.74) is -0.280. The van der Waals surface area contributed by atoms with E-state index in [0.717, 1.165) is 0 Å². The third-order valence-corrected chi connectivity index (χ3v) is 4.01. The number of halogens is 1. The summed E-state index contributed by atoms with van der Waals surface area (Å²) in [5.74, 6) is -0.592. The zero-order chi connectivity index (χ0) is 16.7. The van der Waals surface area contributed by atoms with Gasteiger partial charge in [-0.1, -0.05) is 11.6 Å². The van der Waals surface area contributed by atoms with Gasteiger partial charge in [0.25, 0.3) is 0 Å². The molecule has 0 unspecified atom stereocenters. The molecule has 1 aromatic carbocycles. The second-order valence-corrected chi connectivity index (χ2v) is 5.64. The summed E-state index contributed by atoms with van der Waals surface area (Å²) in [6.07, 6.45) is 1.43. The van der Waals surface area contributed by atoms with Crippen LogP contribution in [0.25, 0.3) is 5.78 Å². The van der Waals surface area contributed by atoms with Crippen molar-refractivity contribution in [3.05, 3.63) is 67.7 Å². The number of fused-ring (bicyclic) bond motifs is 1. The lowest BCUT2D eigenvalue weighted by Gasteiger charge is -2.10. The van der Waals surface area contributed by atoms with Crippen LogP contribution >= 0.6 is 11.6 Å². The second kappa shape index (κ2) is 5.51. The molecular formula is C15H13ClN4O3. The third-order valence-electron chi connectivity index (χ3n) is 3.76. The molecule has 3 aromatic rings. The Kier molecular flexibility index (Phi) is 3.65. The fraction of sp³-hybridized carbons (Fsp3) is 0.200. The largest absolute Gasteiger partial charge is 0.336 e. The Labute approximate surface area is 135 Å². The van der Waals surface area contributed by atoms with E-state index in [4.69, 9.17) is 11.6 Å². The quantitative estimate of drug-likeness (QED) is 0.733. The van der Waals surface area contributed by atoms with Gasteiger partial charge >= 0.3 is 11.4 Å². The van der Waals surface area contributed by atoms with Gasteiger partial charge in [-0.2, -0.15) is 0 Å². The number of carbonyl (C=O) groups excluding carboxylic acids is 1. The van der Waals surface area contributed by atoms with Gasteiger partial charge in [0.2, 0.25) is 5.78 Å². The van der Waals surface area contributed by atoms with Crippen LogP contribution < -0.4 is 11.4 Å². The number of ketones is 1. The van der Waals surface area contributed by atoms with Crippen molar-refractivity contribution in [3.63, 3.8) is 0 Å². The Morgan fingerprint density at radius 1 is 1.22 bits per heavy atom. The molecule has 1 atom stereocenters. The van der Waals surface area contributed by atoms with Gasteiger partial charge in [-0.05, 0) is 31.2 Å². The molecule has 0 fully saturated rings. The molecule has 1 N–H and O–H groups in total. The number of Topliss-reactive ketones (excluding diaryl/α,β-unsaturated/α-hetero) is 1. The van der Waals surface area contributed by atoms with E-state index in [1.807, 2.05) is 0 Å². The van der Waals surface area contributed by atoms with E-state index in [-0.39, 0.29) is 11.6 Å². The summed E-state index contributed by atoms with van der Waals surface area (Å²) < 4.78 is 2.45. The number of H-pyrrole nitrogens is 1. The molecule has 3 rings (SSSR count). The average Bonchev–Trinajstić information content (AvgIpc) is 2.97. The summed E-state index contributed by atoms with van der Waals surface area (Å²) in [6, 6.07) is 6.52. The summed E-state index contributed by atoms with van der Waals surface area (Å²) >= 11 is 5.82. The van der Waals surface area contributed by atoms with E-state index in [0.29, 0.717) is 16.3 Å². The SMILES string of the molecule is C[C@H](C(=O)c1ccc(Cl)cc1)c1cnc2n(C)c(=O)[nH]c(=O)n12. The molecule has 0 aliphatic rings. The van der Waals surface area contributed by atoms with E-state index >= 15 is 0 Å². The van der Waals surface area contributed by atoms with Gasteiger partial charge in [-0.3, -0.25) is 14.3 Å². The van der Waals surface area contributed by atoms with Gasteiger partial charge in [-0.25, -0.2) is 19.0 Å². The van der Waals surface area contributed by atoms with Crippen LogP contribution in [-0.2, 0) is 7.05 Å². The highest BCUT2D eigenvalue weighted by Gasteiger charge is 2.22. The Morgan fingerprint density at radius 3 is 2.52 bits per heavy atom. The van der Waals surface area contributed by atoms with Crippen molar-refractivity contribution in [1.82, 2.24) is 18.9 Å². The zero-order valence-corrected chi connectivity index (χ0v) is 13.2. The predicted molar refractivity (Wildman–Crippen MR) is 85.3 cm³/mol. The Bertz CT molecular complexity index is 1010. The maximum absolute atomic E-state index is 12.6. The van der Waals surface area contributed by atoms with E-state index in [1.165, 1.54) is 22.2 Å². The predicted octanol–water partition coefficient (Wildman–Crippen LogP) is 1.36. The number of benzene rings is 1. The number of carbonyl (C=O) groups is 1. The molecule has 0 aliphatic carbocycles. The van der Waals surface area contributed by atoms with Crippen LogP contribution in [0.15, 0.2) is 40.1 Å². The molecule has 2 heterocycles. The van der Waals surface area contributed by atoms with Crippen molar-refractivity contribution in [2.24, 2.45) is 7.05 Å². The first-order chi connectivity index (χ1) is 10.9. The molecule has 7 nitrogen and oxygen atoms in total. The van der Waals surface area contributed by atoms with Crippen LogP contribution in [0, 0.1) is 0 Å². The molecule has 8 heteroatoms. The van der Waals surface area contributed by atoms with Crippen molar-refractivity contribution in [2.75, 3.05) is 0 Å². The standard InChI is InChI=1S/C15H13ClN4O3/c1-8(12(21)9-3-5-10(16)6-4-9)11-7-17-13-19(2)14(22)18-15(23)20(11)13/h3-8H,1-2H3,(H,18,22,23)/t8-/m0/s1. The average molecular weight is 333 g/mol. The van der Waals surface area contributed by atoms with Crippen LogP contribution in [0.2, 0.25) is 5.02 Å². The lowest BCUT2D eigenvalue weighted by Crippen LogP contribution is -2.34. The first-order valence-electron chi connectivity index (χ1n) is 6.86. The van der Waals surface area contributed by atoms with E-state index in [2.05, 4.69) is 9.97 Å². The second-order valence-electron chi connectivity index (χ2n) is 5.21. The number of hydrogen-bond donors (Lipinski definition) is 1. The summed E-state index contributed by atoms with van der Waals surface area (Å²) in [5, 5.41) is 0.537. The van der Waals surface area contributed by atoms with Crippen molar-refractivity contribution >= 4 is 23.2 Å². The number of aromatic amines is 1. The number of hydrogen-bond acceptors (Lipinski definition) is 4. The fourth-order valence-corrected chi connectivity index (χ4v) is 2.55. The molecule has 0 saturated carbocycles. The molecule has 0 saturated heterocycles. The summed E-state index contributed by atoms with van der Waals surface area (Å²) in [7, 11) is 1.50. The highest BCUT2D eigenvalue weighted by atomic mass is 35.5. The van der Waals surface area contributed by atoms with E-state index in [1.54, 1.807) is 31.2 Å². The van der Waals surface area contributed by atoms with Crippen LogP contribution in [0.3, 0.4) is 0 Å². The molecule has 0 amide bonds. The Balaban J connectivity index is 2.11. The minimum atomic E-state index is -0.619. The molecular weight excluding hydrogens is 320 g/mol. The highest BCUT2D eigenvalue weighted by Crippen LogP contribution is 2.21. The van der Waals surface area contributed by atoms with Crippen LogP contribution in [0.4, 0.5) is 0 Å². The Hall–Kier alpha value is -2.67. The number of imidazole rings is 1. The first kappa shape index (κ1) is 15.2. The molecule has 2 aromatic heterocycles. The summed E-state index contributed by atoms with van der Waals surface area (Å²) in [6.45, 7) is 1.69. The van der Waals surface area contributed by atoms with Crippen LogP contribution in [0.1, 0.15) is 28.9 Å². The van der Waals surface area contributed by atoms with E-state index < -0.39 is 17.3 Å². The number of aryl methyl sites for hydroxylation is 1. The van der Waals surface area contributed by atoms with Crippen molar-refractivity contribution in [1.29, 1.82) is 0 Å². The van der Waals surface area contributed by atoms with Gasteiger partial charge in [0.05, 0.1) is 17.8 Å². The lowest BCUT2D eigenvalue weighted by molar-refractivity contribution is 0.0964. The highest BCUT2D eigenvalue weighted by molar-refractivity contribution is 6.30. The van der Waals surface area contributed by atoms with Crippen molar-refractivity contribution < 1.29 is 4.79 Å². The monoisotopic (exact) mass is 332 g/mol.